The Bertz CT molecular complexity index is 361. The first kappa shape index (κ1) is 14.6. The Balaban J connectivity index is 2.62. The number of hydrogen-bond donors (Lipinski definition) is 1. The second-order valence-electron chi connectivity index (χ2n) is 3.54. The van der Waals surface area contributed by atoms with Crippen molar-refractivity contribution in [3.05, 3.63) is 11.9 Å². The molecule has 1 N–H and O–H groups in total. The molecule has 1 amide bonds. The number of carbonyl (C=O) groups excluding carboxylic acids is 1. The van der Waals surface area contributed by atoms with Gasteiger partial charge in [-0.25, -0.2) is 4.68 Å². The van der Waals surface area contributed by atoms with E-state index >= 15 is 0 Å². The highest BCUT2D eigenvalue weighted by molar-refractivity contribution is 5.75. The van der Waals surface area contributed by atoms with Gasteiger partial charge < -0.3 is 14.8 Å². The van der Waals surface area contributed by atoms with Gasteiger partial charge in [0.15, 0.2) is 0 Å². The van der Waals surface area contributed by atoms with Gasteiger partial charge in [-0.2, -0.15) is 0 Å². The number of likely N-dealkylation sites (N-methyl/N-ethyl adjacent to an activating group) is 1. The zero-order chi connectivity index (χ0) is 13.4. The SMILES string of the molecule is CCNC(=O)Cn1cc(C(OCC)OCC)nn1. The predicted octanol–water partition coefficient (Wildman–Crippen LogP) is 0.486. The van der Waals surface area contributed by atoms with Crippen molar-refractivity contribution in [3.63, 3.8) is 0 Å². The molecule has 0 atom stereocenters. The summed E-state index contributed by atoms with van der Waals surface area (Å²) in [5.74, 6) is -0.0988. The number of hydrogen-bond acceptors (Lipinski definition) is 5. The third kappa shape index (κ3) is 4.42. The summed E-state index contributed by atoms with van der Waals surface area (Å²) in [6.45, 7) is 7.41. The second-order valence-corrected chi connectivity index (χ2v) is 3.54. The van der Waals surface area contributed by atoms with Gasteiger partial charge in [-0.05, 0) is 20.8 Å². The summed E-state index contributed by atoms with van der Waals surface area (Å²) in [5.41, 5.74) is 0.572. The lowest BCUT2D eigenvalue weighted by Gasteiger charge is -2.13. The van der Waals surface area contributed by atoms with E-state index in [0.29, 0.717) is 25.5 Å². The minimum Gasteiger partial charge on any atom is -0.355 e. The summed E-state index contributed by atoms with van der Waals surface area (Å²) in [4.78, 5) is 11.4. The maximum atomic E-state index is 11.4. The van der Waals surface area contributed by atoms with Crippen LogP contribution in [0, 0.1) is 0 Å². The van der Waals surface area contributed by atoms with Crippen molar-refractivity contribution in [1.29, 1.82) is 0 Å². The molecule has 0 aliphatic heterocycles. The normalized spacial score (nSPS) is 10.9. The van der Waals surface area contributed by atoms with Gasteiger partial charge in [0, 0.05) is 19.8 Å². The predicted molar refractivity (Wildman–Crippen MR) is 64.7 cm³/mol. The standard InChI is InChI=1S/C11H20N4O3/c1-4-12-10(16)8-15-7-9(13-14-15)11(17-5-2)18-6-3/h7,11H,4-6,8H2,1-3H3,(H,12,16). The summed E-state index contributed by atoms with van der Waals surface area (Å²) in [6.07, 6.45) is 1.13. The monoisotopic (exact) mass is 256 g/mol. The molecule has 7 heteroatoms. The lowest BCUT2D eigenvalue weighted by Crippen LogP contribution is -2.27. The van der Waals surface area contributed by atoms with Crippen LogP contribution in [0.5, 0.6) is 0 Å². The first-order valence-electron chi connectivity index (χ1n) is 6.11. The lowest BCUT2D eigenvalue weighted by atomic mass is 10.4. The fraction of sp³-hybridized carbons (Fsp3) is 0.727. The molecule has 0 unspecified atom stereocenters. The van der Waals surface area contributed by atoms with Gasteiger partial charge in [0.1, 0.15) is 12.2 Å². The number of carbonyl (C=O) groups is 1. The molecule has 0 aromatic carbocycles. The number of ether oxygens (including phenoxy) is 2. The molecule has 18 heavy (non-hydrogen) atoms. The van der Waals surface area contributed by atoms with Crippen LogP contribution in [0.3, 0.4) is 0 Å². The van der Waals surface area contributed by atoms with E-state index in [2.05, 4.69) is 15.6 Å². The van der Waals surface area contributed by atoms with Crippen LogP contribution in [0.25, 0.3) is 0 Å². The van der Waals surface area contributed by atoms with E-state index < -0.39 is 6.29 Å². The highest BCUT2D eigenvalue weighted by Gasteiger charge is 2.16. The third-order valence-electron chi connectivity index (χ3n) is 2.11. The van der Waals surface area contributed by atoms with Crippen LogP contribution in [-0.2, 0) is 20.8 Å². The zero-order valence-electron chi connectivity index (χ0n) is 11.0. The van der Waals surface area contributed by atoms with Gasteiger partial charge >= 0.3 is 0 Å². The largest absolute Gasteiger partial charge is 0.355 e. The molecule has 0 aliphatic rings. The Morgan fingerprint density at radius 3 is 2.61 bits per heavy atom. The number of aromatic nitrogens is 3. The molecule has 1 heterocycles. The summed E-state index contributed by atoms with van der Waals surface area (Å²) in [7, 11) is 0. The van der Waals surface area contributed by atoms with Crippen LogP contribution in [0.15, 0.2) is 6.20 Å². The molecule has 1 aromatic rings. The van der Waals surface area contributed by atoms with E-state index in [0.717, 1.165) is 0 Å². The minimum atomic E-state index is -0.525. The van der Waals surface area contributed by atoms with Crippen LogP contribution in [0.2, 0.25) is 0 Å². The van der Waals surface area contributed by atoms with Gasteiger partial charge in [0.05, 0.1) is 6.20 Å². The highest BCUT2D eigenvalue weighted by Crippen LogP contribution is 2.15. The Labute approximate surface area is 106 Å². The maximum Gasteiger partial charge on any atom is 0.241 e. The van der Waals surface area contributed by atoms with Crippen molar-refractivity contribution in [3.8, 4) is 0 Å². The van der Waals surface area contributed by atoms with Crippen molar-refractivity contribution < 1.29 is 14.3 Å². The van der Waals surface area contributed by atoms with E-state index in [1.54, 1.807) is 6.20 Å². The molecule has 0 saturated carbocycles. The Hall–Kier alpha value is -1.47. The van der Waals surface area contributed by atoms with Crippen molar-refractivity contribution >= 4 is 5.91 Å². The second kappa shape index (κ2) is 7.78. The zero-order valence-corrected chi connectivity index (χ0v) is 11.0. The van der Waals surface area contributed by atoms with Gasteiger partial charge in [-0.1, -0.05) is 5.21 Å². The molecule has 7 nitrogen and oxygen atoms in total. The molecular weight excluding hydrogens is 236 g/mol. The van der Waals surface area contributed by atoms with Gasteiger partial charge in [-0.15, -0.1) is 5.10 Å². The van der Waals surface area contributed by atoms with Gasteiger partial charge in [-0.3, -0.25) is 4.79 Å². The average molecular weight is 256 g/mol. The molecule has 0 aliphatic carbocycles. The molecular formula is C11H20N4O3. The third-order valence-corrected chi connectivity index (χ3v) is 2.11. The van der Waals surface area contributed by atoms with Crippen LogP contribution >= 0.6 is 0 Å². The van der Waals surface area contributed by atoms with E-state index in [-0.39, 0.29) is 12.5 Å². The smallest absolute Gasteiger partial charge is 0.241 e. The summed E-state index contributed by atoms with van der Waals surface area (Å²) >= 11 is 0. The first-order valence-corrected chi connectivity index (χ1v) is 6.11. The number of nitrogens with zero attached hydrogens (tertiary/aromatic N) is 3. The lowest BCUT2D eigenvalue weighted by molar-refractivity contribution is -0.142. The van der Waals surface area contributed by atoms with Crippen molar-refractivity contribution in [2.24, 2.45) is 0 Å². The fourth-order valence-corrected chi connectivity index (χ4v) is 1.42. The molecule has 0 saturated heterocycles. The minimum absolute atomic E-state index is 0.0988. The van der Waals surface area contributed by atoms with Gasteiger partial charge in [0.25, 0.3) is 0 Å². The number of nitrogens with one attached hydrogen (secondary N) is 1. The van der Waals surface area contributed by atoms with Crippen LogP contribution in [-0.4, -0.2) is 40.7 Å². The maximum absolute atomic E-state index is 11.4. The van der Waals surface area contributed by atoms with E-state index in [9.17, 15) is 4.79 Å². The van der Waals surface area contributed by atoms with Crippen molar-refractivity contribution in [2.45, 2.75) is 33.6 Å². The van der Waals surface area contributed by atoms with Crippen LogP contribution < -0.4 is 5.32 Å². The van der Waals surface area contributed by atoms with E-state index in [1.165, 1.54) is 4.68 Å². The van der Waals surface area contributed by atoms with Crippen molar-refractivity contribution in [1.82, 2.24) is 20.3 Å². The topological polar surface area (TPSA) is 78.3 Å². The van der Waals surface area contributed by atoms with Crippen molar-refractivity contribution in [2.75, 3.05) is 19.8 Å². The molecule has 1 rings (SSSR count). The quantitative estimate of drug-likeness (QED) is 0.685. The molecule has 0 radical (unpaired) electrons. The van der Waals surface area contributed by atoms with Gasteiger partial charge in [0.2, 0.25) is 12.2 Å². The number of amides is 1. The van der Waals surface area contributed by atoms with E-state index in [1.807, 2.05) is 20.8 Å². The molecule has 102 valence electrons. The molecule has 0 bridgehead atoms. The Morgan fingerprint density at radius 1 is 1.39 bits per heavy atom. The average Bonchev–Trinajstić information content (AvgIpc) is 2.77. The highest BCUT2D eigenvalue weighted by atomic mass is 16.7. The molecule has 1 aromatic heterocycles. The first-order chi connectivity index (χ1) is 8.71. The Kier molecular flexibility index (Phi) is 6.31. The van der Waals surface area contributed by atoms with Crippen LogP contribution in [0.4, 0.5) is 0 Å². The van der Waals surface area contributed by atoms with E-state index in [4.69, 9.17) is 9.47 Å². The van der Waals surface area contributed by atoms with Crippen LogP contribution in [0.1, 0.15) is 32.8 Å². The summed E-state index contributed by atoms with van der Waals surface area (Å²) in [6, 6.07) is 0. The fourth-order valence-electron chi connectivity index (χ4n) is 1.42. The molecule has 0 fully saturated rings. The number of rotatable bonds is 8. The molecule has 0 spiro atoms. The summed E-state index contributed by atoms with van der Waals surface area (Å²) in [5, 5.41) is 10.5. The summed E-state index contributed by atoms with van der Waals surface area (Å²) < 4.78 is 12.3. The Morgan fingerprint density at radius 2 is 2.06 bits per heavy atom.